The van der Waals surface area contributed by atoms with Crippen molar-refractivity contribution >= 4 is 16.9 Å². The van der Waals surface area contributed by atoms with E-state index in [1.165, 1.54) is 0 Å². The smallest absolute Gasteiger partial charge is 0.290 e. The Balaban J connectivity index is 1.65. The minimum absolute atomic E-state index is 0.00898. The zero-order chi connectivity index (χ0) is 16.0. The van der Waals surface area contributed by atoms with Gasteiger partial charge in [-0.15, -0.1) is 0 Å². The number of carbonyl (C=O) groups is 1. The van der Waals surface area contributed by atoms with Gasteiger partial charge in [0.15, 0.2) is 17.1 Å². The maximum atomic E-state index is 13.0. The highest BCUT2D eigenvalue weighted by Gasteiger charge is 2.44. The van der Waals surface area contributed by atoms with Gasteiger partial charge in [0.1, 0.15) is 0 Å². The first-order valence-electron chi connectivity index (χ1n) is 8.13. The third kappa shape index (κ3) is 2.30. The fraction of sp³-hybridized carbons (Fsp3) is 0.500. The van der Waals surface area contributed by atoms with Gasteiger partial charge < -0.3 is 18.8 Å². The number of methoxy groups -OCH3 is 2. The van der Waals surface area contributed by atoms with Crippen LogP contribution in [0.25, 0.3) is 11.0 Å². The molecule has 1 aromatic carbocycles. The molecule has 1 aromatic heterocycles. The molecule has 23 heavy (non-hydrogen) atoms. The number of rotatable bonds is 3. The van der Waals surface area contributed by atoms with Crippen LogP contribution >= 0.6 is 0 Å². The minimum Gasteiger partial charge on any atom is -0.493 e. The van der Waals surface area contributed by atoms with Crippen LogP contribution < -0.4 is 4.74 Å². The Hall–Kier alpha value is -2.01. The predicted molar refractivity (Wildman–Crippen MR) is 85.8 cm³/mol. The lowest BCUT2D eigenvalue weighted by Crippen LogP contribution is -2.48. The van der Waals surface area contributed by atoms with Crippen molar-refractivity contribution in [3.8, 4) is 5.75 Å². The lowest BCUT2D eigenvalue weighted by atomic mass is 9.99. The summed E-state index contributed by atoms with van der Waals surface area (Å²) in [5.74, 6) is 1.05. The second kappa shape index (κ2) is 5.57. The van der Waals surface area contributed by atoms with Gasteiger partial charge in [0, 0.05) is 24.6 Å². The molecule has 2 fully saturated rings. The van der Waals surface area contributed by atoms with Crippen LogP contribution in [0.4, 0.5) is 0 Å². The third-order valence-corrected chi connectivity index (χ3v) is 5.20. The van der Waals surface area contributed by atoms with E-state index < -0.39 is 0 Å². The summed E-state index contributed by atoms with van der Waals surface area (Å²) in [7, 11) is 3.36. The van der Waals surface area contributed by atoms with Crippen LogP contribution in [-0.2, 0) is 4.74 Å². The first kappa shape index (κ1) is 14.6. The summed E-state index contributed by atoms with van der Waals surface area (Å²) in [5.41, 5.74) is 0.637. The number of fused-ring (bicyclic) bond motifs is 3. The molecule has 5 nitrogen and oxygen atoms in total. The summed E-state index contributed by atoms with van der Waals surface area (Å²) in [4.78, 5) is 15.0. The summed E-state index contributed by atoms with van der Waals surface area (Å²) in [6.07, 6.45) is 4.22. The van der Waals surface area contributed by atoms with Crippen LogP contribution in [0.15, 0.2) is 28.7 Å². The van der Waals surface area contributed by atoms with E-state index in [-0.39, 0.29) is 24.1 Å². The maximum Gasteiger partial charge on any atom is 0.290 e. The van der Waals surface area contributed by atoms with Crippen molar-refractivity contribution in [1.29, 1.82) is 0 Å². The number of ether oxygens (including phenoxy) is 2. The third-order valence-electron chi connectivity index (χ3n) is 5.20. The second-order valence-corrected chi connectivity index (χ2v) is 6.42. The molecule has 2 aliphatic heterocycles. The normalized spacial score (nSPS) is 26.7. The molecule has 122 valence electrons. The van der Waals surface area contributed by atoms with Crippen molar-refractivity contribution in [2.45, 2.75) is 43.9 Å². The number of hydrogen-bond acceptors (Lipinski definition) is 4. The van der Waals surface area contributed by atoms with Gasteiger partial charge >= 0.3 is 0 Å². The molecule has 2 unspecified atom stereocenters. The SMILES string of the molecule is COc1cccc2cc(C(=O)N3C4CCC3CC(OC)C4)oc12. The Morgan fingerprint density at radius 1 is 1.22 bits per heavy atom. The van der Waals surface area contributed by atoms with Gasteiger partial charge in [-0.25, -0.2) is 0 Å². The molecule has 0 saturated carbocycles. The molecule has 0 aliphatic carbocycles. The van der Waals surface area contributed by atoms with E-state index in [9.17, 15) is 4.79 Å². The van der Waals surface area contributed by atoms with E-state index in [0.29, 0.717) is 17.1 Å². The van der Waals surface area contributed by atoms with Crippen molar-refractivity contribution in [1.82, 2.24) is 4.90 Å². The Labute approximate surface area is 135 Å². The highest BCUT2D eigenvalue weighted by Crippen LogP contribution is 2.38. The van der Waals surface area contributed by atoms with Gasteiger partial charge in [-0.2, -0.15) is 0 Å². The van der Waals surface area contributed by atoms with Crippen LogP contribution in [0.3, 0.4) is 0 Å². The largest absolute Gasteiger partial charge is 0.493 e. The summed E-state index contributed by atoms with van der Waals surface area (Å²) >= 11 is 0. The molecule has 4 rings (SSSR count). The number of hydrogen-bond donors (Lipinski definition) is 0. The van der Waals surface area contributed by atoms with E-state index in [0.717, 1.165) is 31.1 Å². The summed E-state index contributed by atoms with van der Waals surface area (Å²) < 4.78 is 16.7. The number of para-hydroxylation sites is 1. The topological polar surface area (TPSA) is 51.9 Å². The number of amides is 1. The molecule has 0 N–H and O–H groups in total. The Bertz CT molecular complexity index is 724. The molecule has 3 heterocycles. The van der Waals surface area contributed by atoms with Crippen LogP contribution in [0, 0.1) is 0 Å². The Morgan fingerprint density at radius 2 is 1.96 bits per heavy atom. The predicted octanol–water partition coefficient (Wildman–Crippen LogP) is 3.22. The van der Waals surface area contributed by atoms with Crippen molar-refractivity contribution in [2.24, 2.45) is 0 Å². The molecular formula is C18H21NO4. The molecule has 2 saturated heterocycles. The van der Waals surface area contributed by atoms with E-state index in [1.54, 1.807) is 14.2 Å². The number of furan rings is 1. The number of nitrogens with zero attached hydrogens (tertiary/aromatic N) is 1. The molecule has 2 atom stereocenters. The van der Waals surface area contributed by atoms with Gasteiger partial charge in [0.2, 0.25) is 0 Å². The number of carbonyl (C=O) groups excluding carboxylic acids is 1. The van der Waals surface area contributed by atoms with E-state index in [4.69, 9.17) is 13.9 Å². The zero-order valence-corrected chi connectivity index (χ0v) is 13.5. The average Bonchev–Trinajstić information content (AvgIpc) is 3.12. The molecular weight excluding hydrogens is 294 g/mol. The van der Waals surface area contributed by atoms with Crippen LogP contribution in [0.1, 0.15) is 36.2 Å². The highest BCUT2D eigenvalue weighted by atomic mass is 16.5. The van der Waals surface area contributed by atoms with E-state index >= 15 is 0 Å². The van der Waals surface area contributed by atoms with Gasteiger partial charge in [-0.3, -0.25) is 4.79 Å². The quantitative estimate of drug-likeness (QED) is 0.872. The van der Waals surface area contributed by atoms with Gasteiger partial charge in [-0.1, -0.05) is 12.1 Å². The standard InChI is InChI=1S/C18H21NO4/c1-21-14-9-12-6-7-13(10-14)19(12)18(20)16-8-11-4-3-5-15(22-2)17(11)23-16/h3-5,8,12-14H,6-7,9-10H2,1-2H3. The Kier molecular flexibility index (Phi) is 3.53. The zero-order valence-electron chi connectivity index (χ0n) is 13.5. The maximum absolute atomic E-state index is 13.0. The van der Waals surface area contributed by atoms with E-state index in [2.05, 4.69) is 0 Å². The minimum atomic E-state index is -0.00898. The fourth-order valence-electron chi connectivity index (χ4n) is 4.08. The van der Waals surface area contributed by atoms with Crippen LogP contribution in [0.2, 0.25) is 0 Å². The summed E-state index contributed by atoms with van der Waals surface area (Å²) in [6, 6.07) is 8.03. The lowest BCUT2D eigenvalue weighted by molar-refractivity contribution is 0.00686. The van der Waals surface area contributed by atoms with Crippen molar-refractivity contribution in [3.63, 3.8) is 0 Å². The van der Waals surface area contributed by atoms with E-state index in [1.807, 2.05) is 29.2 Å². The molecule has 0 radical (unpaired) electrons. The summed E-state index contributed by atoms with van der Waals surface area (Å²) in [6.45, 7) is 0. The summed E-state index contributed by atoms with van der Waals surface area (Å²) in [5, 5.41) is 0.895. The lowest BCUT2D eigenvalue weighted by Gasteiger charge is -2.37. The second-order valence-electron chi connectivity index (χ2n) is 6.42. The van der Waals surface area contributed by atoms with Crippen molar-refractivity contribution in [3.05, 3.63) is 30.0 Å². The highest BCUT2D eigenvalue weighted by molar-refractivity contribution is 5.97. The first-order chi connectivity index (χ1) is 11.2. The van der Waals surface area contributed by atoms with Crippen LogP contribution in [0.5, 0.6) is 5.75 Å². The van der Waals surface area contributed by atoms with Gasteiger partial charge in [0.05, 0.1) is 13.2 Å². The monoisotopic (exact) mass is 315 g/mol. The molecule has 5 heteroatoms. The van der Waals surface area contributed by atoms with Crippen molar-refractivity contribution in [2.75, 3.05) is 14.2 Å². The number of piperidine rings is 1. The molecule has 2 bridgehead atoms. The molecule has 2 aliphatic rings. The van der Waals surface area contributed by atoms with Gasteiger partial charge in [-0.05, 0) is 37.8 Å². The van der Waals surface area contributed by atoms with Crippen LogP contribution in [-0.4, -0.2) is 43.2 Å². The van der Waals surface area contributed by atoms with Gasteiger partial charge in [0.25, 0.3) is 5.91 Å². The molecule has 2 aromatic rings. The van der Waals surface area contributed by atoms with Crippen molar-refractivity contribution < 1.29 is 18.7 Å². The Morgan fingerprint density at radius 3 is 2.61 bits per heavy atom. The first-order valence-corrected chi connectivity index (χ1v) is 8.13. The number of benzene rings is 1. The molecule has 0 spiro atoms. The average molecular weight is 315 g/mol. The molecule has 1 amide bonds. The fourth-order valence-corrected chi connectivity index (χ4v) is 4.08.